The number of thiazole rings is 1. The number of benzene rings is 1. The molecule has 136 valence electrons. The first-order valence-electron chi connectivity index (χ1n) is 8.86. The van der Waals surface area contributed by atoms with Crippen LogP contribution in [-0.4, -0.2) is 47.3 Å². The van der Waals surface area contributed by atoms with Gasteiger partial charge in [0.25, 0.3) is 11.1 Å². The van der Waals surface area contributed by atoms with Crippen molar-refractivity contribution in [3.05, 3.63) is 40.9 Å². The Morgan fingerprint density at radius 1 is 1.23 bits per heavy atom. The van der Waals surface area contributed by atoms with Gasteiger partial charge < -0.3 is 15.0 Å². The maximum Gasteiger partial charge on any atom is 0.279 e. The predicted octanol–water partition coefficient (Wildman–Crippen LogP) is 2.96. The zero-order valence-electron chi connectivity index (χ0n) is 14.6. The number of Topliss-reactive ketones (excluding diaryl/α,β-unsaturated/α-hetero) is 1. The van der Waals surface area contributed by atoms with Crippen LogP contribution in [0.25, 0.3) is 0 Å². The van der Waals surface area contributed by atoms with Crippen LogP contribution in [0.2, 0.25) is 0 Å². The van der Waals surface area contributed by atoms with Crippen LogP contribution >= 0.6 is 11.3 Å². The topological polar surface area (TPSA) is 71.5 Å². The van der Waals surface area contributed by atoms with E-state index in [0.29, 0.717) is 27.3 Å². The van der Waals surface area contributed by atoms with E-state index in [1.165, 1.54) is 37.3 Å². The van der Waals surface area contributed by atoms with E-state index < -0.39 is 0 Å². The molecule has 5 rings (SSSR count). The maximum absolute atomic E-state index is 12.5. The first kappa shape index (κ1) is 17.2. The Morgan fingerprint density at radius 3 is 2.54 bits per heavy atom. The van der Waals surface area contributed by atoms with Crippen molar-refractivity contribution in [3.63, 3.8) is 0 Å². The number of ether oxygens (including phenoxy) is 1. The molecule has 3 aliphatic rings. The van der Waals surface area contributed by atoms with Crippen molar-refractivity contribution in [1.82, 2.24) is 15.2 Å². The molecule has 7 heteroatoms. The molecule has 1 amide bonds. The van der Waals surface area contributed by atoms with E-state index in [2.05, 4.69) is 15.2 Å². The Balaban J connectivity index is 1.37. The van der Waals surface area contributed by atoms with Crippen molar-refractivity contribution in [2.24, 2.45) is 5.92 Å². The number of nitrogens with one attached hydrogen (secondary N) is 1. The average Bonchev–Trinajstić information content (AvgIpc) is 3.12. The number of hydrogen-bond acceptors (Lipinski definition) is 6. The number of carbonyl (C=O) groups excluding carboxylic acids is 2. The first-order chi connectivity index (χ1) is 12.6. The van der Waals surface area contributed by atoms with Gasteiger partial charge in [0, 0.05) is 25.1 Å². The molecule has 1 aromatic heterocycles. The lowest BCUT2D eigenvalue weighted by Gasteiger charge is -2.44. The van der Waals surface area contributed by atoms with Gasteiger partial charge in [0.15, 0.2) is 5.78 Å². The molecule has 1 N–H and O–H groups in total. The van der Waals surface area contributed by atoms with Crippen molar-refractivity contribution in [1.29, 1.82) is 0 Å². The highest BCUT2D eigenvalue weighted by molar-refractivity contribution is 7.15. The highest BCUT2D eigenvalue weighted by Crippen LogP contribution is 2.29. The molecule has 2 bridgehead atoms. The molecule has 4 heterocycles. The number of nitrogens with zero attached hydrogens (tertiary/aromatic N) is 2. The van der Waals surface area contributed by atoms with Crippen LogP contribution in [0, 0.1) is 5.92 Å². The Hall–Kier alpha value is -2.25. The van der Waals surface area contributed by atoms with Gasteiger partial charge >= 0.3 is 0 Å². The summed E-state index contributed by atoms with van der Waals surface area (Å²) in [5.41, 5.74) is 0.623. The minimum atomic E-state index is -0.0385. The Bertz CT molecular complexity index is 810. The first-order valence-corrected chi connectivity index (χ1v) is 9.68. The van der Waals surface area contributed by atoms with Crippen molar-refractivity contribution in [3.8, 4) is 10.9 Å². The Kier molecular flexibility index (Phi) is 4.74. The molecule has 0 saturated carbocycles. The number of aromatic nitrogens is 1. The minimum absolute atomic E-state index is 0.0305. The summed E-state index contributed by atoms with van der Waals surface area (Å²) in [6, 6.07) is 7.26. The second-order valence-electron chi connectivity index (χ2n) is 6.89. The number of amides is 1. The Morgan fingerprint density at radius 2 is 1.96 bits per heavy atom. The smallest absolute Gasteiger partial charge is 0.279 e. The van der Waals surface area contributed by atoms with Gasteiger partial charge in [-0.05, 0) is 56.1 Å². The lowest BCUT2D eigenvalue weighted by Crippen LogP contribution is -2.57. The van der Waals surface area contributed by atoms with Crippen LogP contribution < -0.4 is 10.1 Å². The van der Waals surface area contributed by atoms with E-state index in [-0.39, 0.29) is 17.7 Å². The van der Waals surface area contributed by atoms with E-state index in [4.69, 9.17) is 4.74 Å². The standard InChI is InChI=1S/C19H21N3O3S/c1-12(23)17-10-20-19(26-17)25-15-4-2-14(3-5-15)18(24)21-16-11-22-8-6-13(16)7-9-22/h2-5,10,13,16H,6-9,11H2,1H3,(H,21,24)/t16-/m0/s1. The zero-order chi connectivity index (χ0) is 18.1. The van der Waals surface area contributed by atoms with Gasteiger partial charge in [-0.2, -0.15) is 0 Å². The molecule has 3 fully saturated rings. The van der Waals surface area contributed by atoms with Crippen molar-refractivity contribution in [2.45, 2.75) is 25.8 Å². The monoisotopic (exact) mass is 371 g/mol. The molecule has 1 atom stereocenters. The number of piperidine rings is 3. The second kappa shape index (κ2) is 7.17. The highest BCUT2D eigenvalue weighted by Gasteiger charge is 2.34. The van der Waals surface area contributed by atoms with Gasteiger partial charge in [0.2, 0.25) is 0 Å². The van der Waals surface area contributed by atoms with Gasteiger partial charge in [0.1, 0.15) is 5.75 Å². The molecule has 26 heavy (non-hydrogen) atoms. The molecule has 0 unspecified atom stereocenters. The summed E-state index contributed by atoms with van der Waals surface area (Å²) in [4.78, 5) is 30.9. The molecule has 0 spiro atoms. The van der Waals surface area contributed by atoms with Gasteiger partial charge in [-0.3, -0.25) is 9.59 Å². The van der Waals surface area contributed by atoms with Crippen LogP contribution in [0.4, 0.5) is 0 Å². The molecule has 2 aromatic rings. The summed E-state index contributed by atoms with van der Waals surface area (Å²) in [6.07, 6.45) is 3.86. The third kappa shape index (κ3) is 3.64. The van der Waals surface area contributed by atoms with E-state index in [1.54, 1.807) is 24.3 Å². The third-order valence-corrected chi connectivity index (χ3v) is 6.10. The fourth-order valence-corrected chi connectivity index (χ4v) is 4.30. The normalized spacial score (nSPS) is 24.3. The van der Waals surface area contributed by atoms with E-state index in [1.807, 2.05) is 0 Å². The summed E-state index contributed by atoms with van der Waals surface area (Å²) in [5.74, 6) is 1.13. The molecule has 0 radical (unpaired) electrons. The van der Waals surface area contributed by atoms with Gasteiger partial charge in [-0.15, -0.1) is 0 Å². The average molecular weight is 371 g/mol. The fraction of sp³-hybridized carbons (Fsp3) is 0.421. The van der Waals surface area contributed by atoms with Crippen LogP contribution in [0.5, 0.6) is 10.9 Å². The lowest BCUT2D eigenvalue weighted by atomic mass is 9.84. The Labute approximate surface area is 156 Å². The number of fused-ring (bicyclic) bond motifs is 3. The fourth-order valence-electron chi connectivity index (χ4n) is 3.62. The maximum atomic E-state index is 12.5. The van der Waals surface area contributed by atoms with Gasteiger partial charge in [-0.1, -0.05) is 11.3 Å². The SMILES string of the molecule is CC(=O)c1cnc(Oc2ccc(C(=O)N[C@H]3CN4CCC3CC4)cc2)s1. The molecule has 3 aliphatic heterocycles. The van der Waals surface area contributed by atoms with Crippen LogP contribution in [0.1, 0.15) is 39.8 Å². The number of hydrogen-bond donors (Lipinski definition) is 1. The van der Waals surface area contributed by atoms with E-state index in [0.717, 1.165) is 19.6 Å². The predicted molar refractivity (Wildman–Crippen MR) is 99.1 cm³/mol. The molecular formula is C19H21N3O3S. The van der Waals surface area contributed by atoms with Crippen molar-refractivity contribution < 1.29 is 14.3 Å². The van der Waals surface area contributed by atoms with E-state index in [9.17, 15) is 9.59 Å². The largest absolute Gasteiger partial charge is 0.431 e. The lowest BCUT2D eigenvalue weighted by molar-refractivity contribution is 0.0620. The summed E-state index contributed by atoms with van der Waals surface area (Å²) in [6.45, 7) is 4.77. The molecule has 1 aromatic carbocycles. The molecule has 0 aliphatic carbocycles. The van der Waals surface area contributed by atoms with Crippen LogP contribution in [0.3, 0.4) is 0 Å². The molecule has 6 nitrogen and oxygen atoms in total. The zero-order valence-corrected chi connectivity index (χ0v) is 15.4. The number of rotatable bonds is 5. The van der Waals surface area contributed by atoms with Gasteiger partial charge in [-0.25, -0.2) is 4.98 Å². The summed E-state index contributed by atoms with van der Waals surface area (Å²) >= 11 is 1.21. The van der Waals surface area contributed by atoms with Crippen LogP contribution in [-0.2, 0) is 0 Å². The van der Waals surface area contributed by atoms with Crippen LogP contribution in [0.15, 0.2) is 30.5 Å². The third-order valence-electron chi connectivity index (χ3n) is 5.13. The summed E-state index contributed by atoms with van der Waals surface area (Å²) < 4.78 is 5.65. The summed E-state index contributed by atoms with van der Waals surface area (Å²) in [7, 11) is 0. The minimum Gasteiger partial charge on any atom is -0.431 e. The highest BCUT2D eigenvalue weighted by atomic mass is 32.1. The molecule has 3 saturated heterocycles. The van der Waals surface area contributed by atoms with Crippen molar-refractivity contribution >= 4 is 23.0 Å². The van der Waals surface area contributed by atoms with Crippen molar-refractivity contribution in [2.75, 3.05) is 19.6 Å². The summed E-state index contributed by atoms with van der Waals surface area (Å²) in [5, 5.41) is 3.60. The number of carbonyl (C=O) groups is 2. The second-order valence-corrected chi connectivity index (χ2v) is 7.88. The van der Waals surface area contributed by atoms with Gasteiger partial charge in [0.05, 0.1) is 11.1 Å². The quantitative estimate of drug-likeness (QED) is 0.818. The van der Waals surface area contributed by atoms with E-state index >= 15 is 0 Å². The molecular weight excluding hydrogens is 350 g/mol. The number of ketones is 1.